The third-order valence-electron chi connectivity index (χ3n) is 3.21. The SMILES string of the molecule is CCCn1cc(C(=O)CN2CCCNCC2)cn1. The molecule has 1 N–H and O–H groups in total. The number of Topliss-reactive ketones (excluding diaryl/α,β-unsaturated/α-hetero) is 1. The van der Waals surface area contributed by atoms with Crippen molar-refractivity contribution in [2.75, 3.05) is 32.7 Å². The smallest absolute Gasteiger partial charge is 0.179 e. The molecule has 1 aliphatic heterocycles. The molecule has 0 spiro atoms. The molecule has 1 aliphatic rings. The van der Waals surface area contributed by atoms with Gasteiger partial charge in [-0.05, 0) is 25.9 Å². The van der Waals surface area contributed by atoms with Gasteiger partial charge in [0.15, 0.2) is 5.78 Å². The van der Waals surface area contributed by atoms with Crippen molar-refractivity contribution in [3.8, 4) is 0 Å². The summed E-state index contributed by atoms with van der Waals surface area (Å²) in [5, 5.41) is 7.55. The summed E-state index contributed by atoms with van der Waals surface area (Å²) in [6, 6.07) is 0. The molecule has 2 rings (SSSR count). The van der Waals surface area contributed by atoms with Crippen LogP contribution in [0.1, 0.15) is 30.1 Å². The Balaban J connectivity index is 1.89. The fourth-order valence-electron chi connectivity index (χ4n) is 2.21. The molecule has 0 aromatic carbocycles. The summed E-state index contributed by atoms with van der Waals surface area (Å²) in [5.41, 5.74) is 0.737. The van der Waals surface area contributed by atoms with E-state index in [0.29, 0.717) is 6.54 Å². The molecule has 18 heavy (non-hydrogen) atoms. The average molecular weight is 250 g/mol. The lowest BCUT2D eigenvalue weighted by Crippen LogP contribution is -2.33. The zero-order chi connectivity index (χ0) is 12.8. The minimum Gasteiger partial charge on any atom is -0.315 e. The van der Waals surface area contributed by atoms with Crippen molar-refractivity contribution in [1.82, 2.24) is 20.0 Å². The van der Waals surface area contributed by atoms with E-state index in [0.717, 1.165) is 51.1 Å². The molecule has 100 valence electrons. The van der Waals surface area contributed by atoms with E-state index in [-0.39, 0.29) is 5.78 Å². The summed E-state index contributed by atoms with van der Waals surface area (Å²) in [4.78, 5) is 14.3. The van der Waals surface area contributed by atoms with Gasteiger partial charge in [0.25, 0.3) is 0 Å². The number of rotatable bonds is 5. The van der Waals surface area contributed by atoms with E-state index in [4.69, 9.17) is 0 Å². The number of aromatic nitrogens is 2. The van der Waals surface area contributed by atoms with Crippen LogP contribution >= 0.6 is 0 Å². The highest BCUT2D eigenvalue weighted by atomic mass is 16.1. The highest BCUT2D eigenvalue weighted by Gasteiger charge is 2.15. The first-order chi connectivity index (χ1) is 8.79. The van der Waals surface area contributed by atoms with Gasteiger partial charge in [-0.3, -0.25) is 14.4 Å². The summed E-state index contributed by atoms with van der Waals surface area (Å²) in [7, 11) is 0. The monoisotopic (exact) mass is 250 g/mol. The molecule has 5 nitrogen and oxygen atoms in total. The van der Waals surface area contributed by atoms with Gasteiger partial charge in [0.2, 0.25) is 0 Å². The van der Waals surface area contributed by atoms with E-state index in [9.17, 15) is 4.79 Å². The molecule has 5 heteroatoms. The minimum absolute atomic E-state index is 0.180. The average Bonchev–Trinajstić information content (AvgIpc) is 2.67. The van der Waals surface area contributed by atoms with Crippen LogP contribution in [-0.4, -0.2) is 53.2 Å². The topological polar surface area (TPSA) is 50.2 Å². The summed E-state index contributed by atoms with van der Waals surface area (Å²) in [6.45, 7) is 7.48. The Labute approximate surface area is 108 Å². The summed E-state index contributed by atoms with van der Waals surface area (Å²) >= 11 is 0. The maximum Gasteiger partial charge on any atom is 0.179 e. The van der Waals surface area contributed by atoms with Gasteiger partial charge < -0.3 is 5.32 Å². The molecule has 0 saturated carbocycles. The van der Waals surface area contributed by atoms with Crippen molar-refractivity contribution in [2.45, 2.75) is 26.3 Å². The Kier molecular flexibility index (Phi) is 4.90. The Morgan fingerprint density at radius 2 is 2.33 bits per heavy atom. The Morgan fingerprint density at radius 3 is 3.17 bits per heavy atom. The van der Waals surface area contributed by atoms with Crippen molar-refractivity contribution in [3.63, 3.8) is 0 Å². The second kappa shape index (κ2) is 6.66. The minimum atomic E-state index is 0.180. The molecule has 0 aliphatic carbocycles. The van der Waals surface area contributed by atoms with Crippen molar-refractivity contribution >= 4 is 5.78 Å². The van der Waals surface area contributed by atoms with E-state index in [1.807, 2.05) is 10.9 Å². The first-order valence-electron chi connectivity index (χ1n) is 6.78. The first kappa shape index (κ1) is 13.2. The van der Waals surface area contributed by atoms with Crippen molar-refractivity contribution in [2.24, 2.45) is 0 Å². The molecule has 0 atom stereocenters. The second-order valence-electron chi connectivity index (χ2n) is 4.79. The lowest BCUT2D eigenvalue weighted by atomic mass is 10.2. The second-order valence-corrected chi connectivity index (χ2v) is 4.79. The van der Waals surface area contributed by atoms with Crippen LogP contribution in [0.25, 0.3) is 0 Å². The predicted octanol–water partition coefficient (Wildman–Crippen LogP) is 0.771. The third kappa shape index (κ3) is 3.65. The summed E-state index contributed by atoms with van der Waals surface area (Å²) in [6.07, 6.45) is 5.70. The maximum atomic E-state index is 12.1. The number of ketones is 1. The lowest BCUT2D eigenvalue weighted by Gasteiger charge is -2.17. The number of nitrogens with zero attached hydrogens (tertiary/aromatic N) is 3. The van der Waals surface area contributed by atoms with Crippen LogP contribution in [0.2, 0.25) is 0 Å². The standard InChI is InChI=1S/C13H22N4O/c1-2-6-17-10-12(9-15-17)13(18)11-16-7-3-4-14-5-8-16/h9-10,14H,2-8,11H2,1H3. The molecule has 0 radical (unpaired) electrons. The zero-order valence-electron chi connectivity index (χ0n) is 11.1. The van der Waals surface area contributed by atoms with Gasteiger partial charge in [-0.15, -0.1) is 0 Å². The highest BCUT2D eigenvalue weighted by Crippen LogP contribution is 2.03. The fourth-order valence-corrected chi connectivity index (χ4v) is 2.21. The van der Waals surface area contributed by atoms with Gasteiger partial charge in [0.1, 0.15) is 0 Å². The highest BCUT2D eigenvalue weighted by molar-refractivity contribution is 5.97. The van der Waals surface area contributed by atoms with Crippen molar-refractivity contribution < 1.29 is 4.79 Å². The lowest BCUT2D eigenvalue weighted by molar-refractivity contribution is 0.0935. The number of aryl methyl sites for hydroxylation is 1. The Bertz CT molecular complexity index is 380. The molecular weight excluding hydrogens is 228 g/mol. The molecule has 1 aromatic rings. The molecule has 1 saturated heterocycles. The van der Waals surface area contributed by atoms with Gasteiger partial charge in [-0.2, -0.15) is 5.10 Å². The maximum absolute atomic E-state index is 12.1. The summed E-state index contributed by atoms with van der Waals surface area (Å²) < 4.78 is 1.84. The number of hydrogen-bond acceptors (Lipinski definition) is 4. The molecule has 0 unspecified atom stereocenters. The fraction of sp³-hybridized carbons (Fsp3) is 0.692. The molecule has 0 bridgehead atoms. The van der Waals surface area contributed by atoms with Gasteiger partial charge in [-0.25, -0.2) is 0 Å². The van der Waals surface area contributed by atoms with Crippen LogP contribution in [0.3, 0.4) is 0 Å². The predicted molar refractivity (Wildman–Crippen MR) is 70.8 cm³/mol. The summed E-state index contributed by atoms with van der Waals surface area (Å²) in [5.74, 6) is 0.180. The third-order valence-corrected chi connectivity index (χ3v) is 3.21. The first-order valence-corrected chi connectivity index (χ1v) is 6.78. The number of carbonyl (C=O) groups is 1. The van der Waals surface area contributed by atoms with E-state index in [2.05, 4.69) is 22.2 Å². The molecule has 1 fully saturated rings. The van der Waals surface area contributed by atoms with E-state index in [1.165, 1.54) is 0 Å². The van der Waals surface area contributed by atoms with Crippen LogP contribution in [0.4, 0.5) is 0 Å². The van der Waals surface area contributed by atoms with E-state index in [1.54, 1.807) is 6.20 Å². The Morgan fingerprint density at radius 1 is 1.44 bits per heavy atom. The van der Waals surface area contributed by atoms with E-state index >= 15 is 0 Å². The molecule has 1 aromatic heterocycles. The van der Waals surface area contributed by atoms with Gasteiger partial charge in [-0.1, -0.05) is 6.92 Å². The molecule has 0 amide bonds. The van der Waals surface area contributed by atoms with Gasteiger partial charge in [0.05, 0.1) is 18.3 Å². The quantitative estimate of drug-likeness (QED) is 0.784. The zero-order valence-corrected chi connectivity index (χ0v) is 11.1. The van der Waals surface area contributed by atoms with Crippen LogP contribution in [0.15, 0.2) is 12.4 Å². The number of hydrogen-bond donors (Lipinski definition) is 1. The number of carbonyl (C=O) groups excluding carboxylic acids is 1. The van der Waals surface area contributed by atoms with Crippen LogP contribution < -0.4 is 5.32 Å². The van der Waals surface area contributed by atoms with Crippen molar-refractivity contribution in [3.05, 3.63) is 18.0 Å². The molecule has 2 heterocycles. The van der Waals surface area contributed by atoms with Crippen LogP contribution in [0, 0.1) is 0 Å². The van der Waals surface area contributed by atoms with Gasteiger partial charge >= 0.3 is 0 Å². The van der Waals surface area contributed by atoms with Gasteiger partial charge in [0, 0.05) is 25.8 Å². The van der Waals surface area contributed by atoms with Crippen LogP contribution in [0.5, 0.6) is 0 Å². The number of nitrogens with one attached hydrogen (secondary N) is 1. The normalized spacial score (nSPS) is 17.6. The largest absolute Gasteiger partial charge is 0.315 e. The van der Waals surface area contributed by atoms with E-state index < -0.39 is 0 Å². The van der Waals surface area contributed by atoms with Crippen molar-refractivity contribution in [1.29, 1.82) is 0 Å². The van der Waals surface area contributed by atoms with Crippen LogP contribution in [-0.2, 0) is 6.54 Å². The molecular formula is C13H22N4O. The Hall–Kier alpha value is -1.20.